The van der Waals surface area contributed by atoms with E-state index < -0.39 is 42.6 Å². The van der Waals surface area contributed by atoms with E-state index in [1.54, 1.807) is 0 Å². The Bertz CT molecular complexity index is 531. The lowest BCUT2D eigenvalue weighted by molar-refractivity contribution is -0.136. The van der Waals surface area contributed by atoms with Gasteiger partial charge in [0.1, 0.15) is 18.9 Å². The molecule has 0 saturated heterocycles. The number of benzene rings is 1. The summed E-state index contributed by atoms with van der Waals surface area (Å²) in [5, 5.41) is 8.57. The predicted molar refractivity (Wildman–Crippen MR) is 60.8 cm³/mol. The molecule has 0 unspecified atom stereocenters. The minimum Gasteiger partial charge on any atom is -0.480 e. The fraction of sp³-hybridized carbons (Fsp3) is 0.273. The molecule has 0 radical (unpaired) electrons. The molecule has 1 aromatic rings. The van der Waals surface area contributed by atoms with E-state index in [0.29, 0.717) is 11.0 Å². The molecular formula is C11H10F4N2O3. The first-order valence-electron chi connectivity index (χ1n) is 5.23. The highest BCUT2D eigenvalue weighted by atomic mass is 19.4. The van der Waals surface area contributed by atoms with Crippen molar-refractivity contribution in [3.63, 3.8) is 0 Å². The van der Waals surface area contributed by atoms with E-state index in [-0.39, 0.29) is 5.56 Å². The fourth-order valence-corrected chi connectivity index (χ4v) is 1.52. The van der Waals surface area contributed by atoms with Crippen molar-refractivity contribution < 1.29 is 32.3 Å². The zero-order chi connectivity index (χ0) is 15.5. The minimum absolute atomic E-state index is 0.228. The number of rotatable bonds is 5. The maximum Gasteiger partial charge on any atom is 0.405 e. The summed E-state index contributed by atoms with van der Waals surface area (Å²) in [6.07, 6.45) is -4.70. The van der Waals surface area contributed by atoms with E-state index in [1.807, 2.05) is 0 Å². The molecule has 0 fully saturated rings. The highest BCUT2D eigenvalue weighted by Gasteiger charge is 2.32. The maximum absolute atomic E-state index is 13.7. The molecule has 110 valence electrons. The molecule has 0 aliphatic carbocycles. The molecule has 0 bridgehead atoms. The number of anilines is 1. The van der Waals surface area contributed by atoms with Gasteiger partial charge in [-0.3, -0.25) is 9.59 Å². The quantitative estimate of drug-likeness (QED) is 0.804. The Morgan fingerprint density at radius 1 is 1.30 bits per heavy atom. The van der Waals surface area contributed by atoms with E-state index in [0.717, 1.165) is 12.1 Å². The number of nitrogens with two attached hydrogens (primary N) is 1. The molecule has 5 nitrogen and oxygen atoms in total. The van der Waals surface area contributed by atoms with Gasteiger partial charge in [-0.05, 0) is 18.2 Å². The number of alkyl halides is 3. The van der Waals surface area contributed by atoms with E-state index in [4.69, 9.17) is 10.8 Å². The Balaban J connectivity index is 3.13. The number of halogens is 4. The smallest absolute Gasteiger partial charge is 0.405 e. The van der Waals surface area contributed by atoms with Gasteiger partial charge in [0.25, 0.3) is 0 Å². The van der Waals surface area contributed by atoms with Crippen LogP contribution in [0, 0.1) is 5.82 Å². The normalized spacial score (nSPS) is 11.2. The monoisotopic (exact) mass is 294 g/mol. The number of carboxylic acid groups (broad SMARTS) is 1. The number of primary amides is 1. The number of amides is 1. The molecule has 0 spiro atoms. The fourth-order valence-electron chi connectivity index (χ4n) is 1.52. The van der Waals surface area contributed by atoms with E-state index in [2.05, 4.69) is 0 Å². The molecule has 20 heavy (non-hydrogen) atoms. The summed E-state index contributed by atoms with van der Waals surface area (Å²) < 4.78 is 50.7. The molecule has 0 saturated carbocycles. The number of carboxylic acids is 1. The molecule has 0 heterocycles. The van der Waals surface area contributed by atoms with Crippen LogP contribution < -0.4 is 10.6 Å². The molecule has 1 amide bonds. The predicted octanol–water partition coefficient (Wildman–Crippen LogP) is 1.38. The van der Waals surface area contributed by atoms with Crippen LogP contribution in [-0.2, 0) is 4.79 Å². The van der Waals surface area contributed by atoms with Gasteiger partial charge in [-0.15, -0.1) is 0 Å². The summed E-state index contributed by atoms with van der Waals surface area (Å²) >= 11 is 0. The van der Waals surface area contributed by atoms with Gasteiger partial charge in [-0.2, -0.15) is 13.2 Å². The summed E-state index contributed by atoms with van der Waals surface area (Å²) in [6.45, 7) is -2.67. The molecule has 9 heteroatoms. The van der Waals surface area contributed by atoms with Crippen LogP contribution in [0.1, 0.15) is 10.4 Å². The summed E-state index contributed by atoms with van der Waals surface area (Å²) in [6, 6.07) is 2.55. The lowest BCUT2D eigenvalue weighted by atomic mass is 10.1. The Kier molecular flexibility index (Phi) is 4.53. The Morgan fingerprint density at radius 3 is 2.30 bits per heavy atom. The van der Waals surface area contributed by atoms with Crippen LogP contribution in [0.5, 0.6) is 0 Å². The van der Waals surface area contributed by atoms with Crippen molar-refractivity contribution in [3.05, 3.63) is 29.6 Å². The van der Waals surface area contributed by atoms with Gasteiger partial charge < -0.3 is 15.7 Å². The topological polar surface area (TPSA) is 83.6 Å². The van der Waals surface area contributed by atoms with Crippen molar-refractivity contribution in [2.45, 2.75) is 6.18 Å². The van der Waals surface area contributed by atoms with Crippen molar-refractivity contribution in [2.75, 3.05) is 18.0 Å². The first-order chi connectivity index (χ1) is 9.10. The molecular weight excluding hydrogens is 284 g/mol. The lowest BCUT2D eigenvalue weighted by Gasteiger charge is -2.24. The Morgan fingerprint density at radius 2 is 1.90 bits per heavy atom. The zero-order valence-corrected chi connectivity index (χ0v) is 9.95. The Hall–Kier alpha value is -2.32. The highest BCUT2D eigenvalue weighted by Crippen LogP contribution is 2.25. The van der Waals surface area contributed by atoms with E-state index in [9.17, 15) is 27.2 Å². The van der Waals surface area contributed by atoms with Gasteiger partial charge >= 0.3 is 12.1 Å². The summed E-state index contributed by atoms with van der Waals surface area (Å²) in [5.74, 6) is -3.66. The summed E-state index contributed by atoms with van der Waals surface area (Å²) in [4.78, 5) is 21.7. The molecule has 1 aromatic carbocycles. The number of aliphatic carboxylic acids is 1. The van der Waals surface area contributed by atoms with Crippen LogP contribution in [-0.4, -0.2) is 36.2 Å². The van der Waals surface area contributed by atoms with Gasteiger partial charge in [0.05, 0.1) is 5.69 Å². The summed E-state index contributed by atoms with van der Waals surface area (Å²) in [5.41, 5.74) is 4.10. The van der Waals surface area contributed by atoms with Gasteiger partial charge in [0, 0.05) is 5.56 Å². The van der Waals surface area contributed by atoms with Gasteiger partial charge in [0.2, 0.25) is 5.91 Å². The largest absolute Gasteiger partial charge is 0.480 e. The highest BCUT2D eigenvalue weighted by molar-refractivity contribution is 5.93. The molecule has 3 N–H and O–H groups in total. The van der Waals surface area contributed by atoms with Crippen LogP contribution in [0.15, 0.2) is 18.2 Å². The average Bonchev–Trinajstić information content (AvgIpc) is 2.25. The SMILES string of the molecule is NC(=O)c1ccc(N(CC(=O)O)CC(F)(F)F)c(F)c1. The van der Waals surface area contributed by atoms with Crippen LogP contribution in [0.3, 0.4) is 0 Å². The van der Waals surface area contributed by atoms with Crippen molar-refractivity contribution in [3.8, 4) is 0 Å². The molecule has 0 aliphatic rings. The third-order valence-corrected chi connectivity index (χ3v) is 2.27. The minimum atomic E-state index is -4.70. The number of nitrogens with zero attached hydrogens (tertiary/aromatic N) is 1. The van der Waals surface area contributed by atoms with Crippen LogP contribution in [0.2, 0.25) is 0 Å². The molecule has 0 aliphatic heterocycles. The van der Waals surface area contributed by atoms with Crippen molar-refractivity contribution in [2.24, 2.45) is 5.73 Å². The second-order valence-corrected chi connectivity index (χ2v) is 3.90. The first-order valence-corrected chi connectivity index (χ1v) is 5.23. The lowest BCUT2D eigenvalue weighted by Crippen LogP contribution is -2.38. The summed E-state index contributed by atoms with van der Waals surface area (Å²) in [7, 11) is 0. The third-order valence-electron chi connectivity index (χ3n) is 2.27. The van der Waals surface area contributed by atoms with Gasteiger partial charge in [-0.1, -0.05) is 0 Å². The van der Waals surface area contributed by atoms with Gasteiger partial charge in [0.15, 0.2) is 0 Å². The van der Waals surface area contributed by atoms with Crippen LogP contribution in [0.25, 0.3) is 0 Å². The second-order valence-electron chi connectivity index (χ2n) is 3.90. The first kappa shape index (κ1) is 15.7. The van der Waals surface area contributed by atoms with E-state index in [1.165, 1.54) is 0 Å². The average molecular weight is 294 g/mol. The van der Waals surface area contributed by atoms with Crippen LogP contribution >= 0.6 is 0 Å². The zero-order valence-electron chi connectivity index (χ0n) is 9.95. The second kappa shape index (κ2) is 5.76. The number of carbonyl (C=O) groups excluding carboxylic acids is 1. The molecule has 1 rings (SSSR count). The number of hydrogen-bond donors (Lipinski definition) is 2. The van der Waals surface area contributed by atoms with Gasteiger partial charge in [-0.25, -0.2) is 4.39 Å². The third kappa shape index (κ3) is 4.41. The maximum atomic E-state index is 13.7. The Labute approximate surface area is 110 Å². The number of hydrogen-bond acceptors (Lipinski definition) is 3. The standard InChI is InChI=1S/C11H10F4N2O3/c12-7-3-6(10(16)20)1-2-8(7)17(4-9(18)19)5-11(13,14)15/h1-3H,4-5H2,(H2,16,20)(H,18,19). The molecule has 0 aromatic heterocycles. The van der Waals surface area contributed by atoms with Crippen molar-refractivity contribution in [1.82, 2.24) is 0 Å². The molecule has 0 atom stereocenters. The van der Waals surface area contributed by atoms with Crippen molar-refractivity contribution in [1.29, 1.82) is 0 Å². The van der Waals surface area contributed by atoms with E-state index >= 15 is 0 Å². The number of carbonyl (C=O) groups is 2. The van der Waals surface area contributed by atoms with Crippen LogP contribution in [0.4, 0.5) is 23.2 Å². The van der Waals surface area contributed by atoms with Crippen molar-refractivity contribution >= 4 is 17.6 Å².